The van der Waals surface area contributed by atoms with Crippen molar-refractivity contribution in [2.24, 2.45) is 0 Å². The molecule has 1 atom stereocenters. The van der Waals surface area contributed by atoms with Gasteiger partial charge in [0.25, 0.3) is 0 Å². The lowest BCUT2D eigenvalue weighted by atomic mass is 9.92. The molecule has 16 heavy (non-hydrogen) atoms. The van der Waals surface area contributed by atoms with E-state index in [1.165, 1.54) is 23.2 Å². The fourth-order valence-corrected chi connectivity index (χ4v) is 2.79. The highest BCUT2D eigenvalue weighted by Gasteiger charge is 2.25. The average Bonchev–Trinajstić information content (AvgIpc) is 2.31. The van der Waals surface area contributed by atoms with E-state index < -0.39 is 0 Å². The van der Waals surface area contributed by atoms with Crippen LogP contribution >= 0.6 is 0 Å². The van der Waals surface area contributed by atoms with Crippen molar-refractivity contribution >= 4 is 5.69 Å². The van der Waals surface area contributed by atoms with E-state index in [4.69, 9.17) is 0 Å². The van der Waals surface area contributed by atoms with Gasteiger partial charge in [-0.05, 0) is 43.6 Å². The summed E-state index contributed by atoms with van der Waals surface area (Å²) in [5.41, 5.74) is 4.27. The average molecular weight is 218 g/mol. The summed E-state index contributed by atoms with van der Waals surface area (Å²) in [7, 11) is 0. The first-order valence-corrected chi connectivity index (χ1v) is 6.35. The summed E-state index contributed by atoms with van der Waals surface area (Å²) in [6, 6.07) is 7.18. The molecule has 2 nitrogen and oxygen atoms in total. The molecule has 0 aromatic heterocycles. The molecular formula is C14H22N2. The van der Waals surface area contributed by atoms with Crippen molar-refractivity contribution in [3.63, 3.8) is 0 Å². The number of aryl methyl sites for hydroxylation is 1. The van der Waals surface area contributed by atoms with E-state index in [2.05, 4.69) is 49.2 Å². The second-order valence-electron chi connectivity index (χ2n) is 4.49. The summed E-state index contributed by atoms with van der Waals surface area (Å²) >= 11 is 0. The molecule has 88 valence electrons. The smallest absolute Gasteiger partial charge is 0.0391 e. The van der Waals surface area contributed by atoms with Crippen LogP contribution in [0.5, 0.6) is 0 Å². The number of hydrogen-bond acceptors (Lipinski definition) is 2. The van der Waals surface area contributed by atoms with Gasteiger partial charge in [-0.1, -0.05) is 26.0 Å². The van der Waals surface area contributed by atoms with Gasteiger partial charge in [0, 0.05) is 18.3 Å². The Hall–Kier alpha value is -1.02. The van der Waals surface area contributed by atoms with Crippen molar-refractivity contribution in [2.45, 2.75) is 33.2 Å². The third kappa shape index (κ3) is 1.94. The highest BCUT2D eigenvalue weighted by Crippen LogP contribution is 2.36. The van der Waals surface area contributed by atoms with Crippen molar-refractivity contribution in [1.29, 1.82) is 0 Å². The van der Waals surface area contributed by atoms with Crippen molar-refractivity contribution in [2.75, 3.05) is 25.0 Å². The maximum atomic E-state index is 3.51. The first-order chi connectivity index (χ1) is 7.77. The number of fused-ring (bicyclic) bond motifs is 1. The minimum atomic E-state index is 0.604. The molecule has 1 aromatic rings. The lowest BCUT2D eigenvalue weighted by Gasteiger charge is -2.36. The summed E-state index contributed by atoms with van der Waals surface area (Å²) in [5, 5.41) is 3.51. The molecule has 2 rings (SSSR count). The summed E-state index contributed by atoms with van der Waals surface area (Å²) in [6.07, 6.45) is 1.22. The lowest BCUT2D eigenvalue weighted by Crippen LogP contribution is -2.33. The quantitative estimate of drug-likeness (QED) is 0.838. The van der Waals surface area contributed by atoms with Crippen LogP contribution in [-0.2, 0) is 0 Å². The van der Waals surface area contributed by atoms with Gasteiger partial charge in [0.15, 0.2) is 0 Å². The Bertz CT molecular complexity index is 356. The van der Waals surface area contributed by atoms with Gasteiger partial charge in [0.1, 0.15) is 0 Å². The van der Waals surface area contributed by atoms with Crippen molar-refractivity contribution in [3.05, 3.63) is 29.3 Å². The molecule has 0 radical (unpaired) electrons. The zero-order valence-corrected chi connectivity index (χ0v) is 10.6. The van der Waals surface area contributed by atoms with Gasteiger partial charge in [-0.2, -0.15) is 0 Å². The molecule has 0 aliphatic carbocycles. The van der Waals surface area contributed by atoms with Crippen molar-refractivity contribution in [1.82, 2.24) is 4.90 Å². The van der Waals surface area contributed by atoms with Crippen LogP contribution in [0.4, 0.5) is 5.69 Å². The number of hydrogen-bond donors (Lipinski definition) is 1. The predicted octanol–water partition coefficient (Wildman–Crippen LogP) is 3.19. The Morgan fingerprint density at radius 2 is 2.06 bits per heavy atom. The summed E-state index contributed by atoms with van der Waals surface area (Å²) < 4.78 is 0. The van der Waals surface area contributed by atoms with E-state index >= 15 is 0 Å². The van der Waals surface area contributed by atoms with E-state index in [-0.39, 0.29) is 0 Å². The summed E-state index contributed by atoms with van der Waals surface area (Å²) in [5.74, 6) is 0. The zero-order valence-electron chi connectivity index (χ0n) is 10.6. The molecule has 0 saturated heterocycles. The van der Waals surface area contributed by atoms with Crippen LogP contribution in [0, 0.1) is 6.92 Å². The number of nitrogens with one attached hydrogen (secondary N) is 1. The number of benzene rings is 1. The molecule has 1 heterocycles. The van der Waals surface area contributed by atoms with Gasteiger partial charge in [-0.25, -0.2) is 0 Å². The van der Waals surface area contributed by atoms with Crippen LogP contribution in [0.25, 0.3) is 0 Å². The Morgan fingerprint density at radius 3 is 2.75 bits per heavy atom. The van der Waals surface area contributed by atoms with Crippen LogP contribution in [0.15, 0.2) is 18.2 Å². The van der Waals surface area contributed by atoms with Gasteiger partial charge in [-0.3, -0.25) is 4.90 Å². The molecule has 1 aliphatic heterocycles. The summed E-state index contributed by atoms with van der Waals surface area (Å²) in [4.78, 5) is 2.56. The zero-order chi connectivity index (χ0) is 11.5. The summed E-state index contributed by atoms with van der Waals surface area (Å²) in [6.45, 7) is 10.1. The van der Waals surface area contributed by atoms with Gasteiger partial charge in [0.05, 0.1) is 0 Å². The Kier molecular flexibility index (Phi) is 3.49. The Balaban J connectivity index is 2.38. The Morgan fingerprint density at radius 1 is 1.31 bits per heavy atom. The topological polar surface area (TPSA) is 15.3 Å². The lowest BCUT2D eigenvalue weighted by molar-refractivity contribution is 0.208. The molecule has 1 aliphatic rings. The van der Waals surface area contributed by atoms with Crippen LogP contribution in [0.3, 0.4) is 0 Å². The monoisotopic (exact) mass is 218 g/mol. The fraction of sp³-hybridized carbons (Fsp3) is 0.571. The molecule has 1 aromatic carbocycles. The van der Waals surface area contributed by atoms with Crippen LogP contribution in [-0.4, -0.2) is 24.5 Å². The minimum absolute atomic E-state index is 0.604. The molecule has 0 bridgehead atoms. The second kappa shape index (κ2) is 4.88. The molecule has 1 unspecified atom stereocenters. The van der Waals surface area contributed by atoms with E-state index in [1.54, 1.807) is 0 Å². The molecule has 1 N–H and O–H groups in total. The third-order valence-corrected chi connectivity index (χ3v) is 3.64. The highest BCUT2D eigenvalue weighted by molar-refractivity contribution is 5.57. The molecule has 0 spiro atoms. The van der Waals surface area contributed by atoms with E-state index in [0.717, 1.165) is 19.6 Å². The third-order valence-electron chi connectivity index (χ3n) is 3.64. The van der Waals surface area contributed by atoms with Gasteiger partial charge in [-0.15, -0.1) is 0 Å². The molecular weight excluding hydrogens is 196 g/mol. The van der Waals surface area contributed by atoms with E-state index in [9.17, 15) is 0 Å². The SMILES string of the molecule is CCN(CC)C1CCNc2cccc(C)c21. The van der Waals surface area contributed by atoms with Gasteiger partial charge >= 0.3 is 0 Å². The van der Waals surface area contributed by atoms with Gasteiger partial charge in [0.2, 0.25) is 0 Å². The fourth-order valence-electron chi connectivity index (χ4n) is 2.79. The largest absolute Gasteiger partial charge is 0.385 e. The number of anilines is 1. The number of rotatable bonds is 3. The normalized spacial score (nSPS) is 19.4. The molecule has 0 amide bonds. The second-order valence-corrected chi connectivity index (χ2v) is 4.49. The standard InChI is InChI=1S/C14H22N2/c1-4-16(5-2)13-9-10-15-12-8-6-7-11(3)14(12)13/h6-8,13,15H,4-5,9-10H2,1-3H3. The molecule has 0 fully saturated rings. The van der Waals surface area contributed by atoms with Crippen molar-refractivity contribution in [3.8, 4) is 0 Å². The molecule has 2 heteroatoms. The highest BCUT2D eigenvalue weighted by atomic mass is 15.2. The van der Waals surface area contributed by atoms with Crippen LogP contribution in [0.2, 0.25) is 0 Å². The molecule has 0 saturated carbocycles. The van der Waals surface area contributed by atoms with Gasteiger partial charge < -0.3 is 5.32 Å². The Labute approximate surface area is 98.7 Å². The maximum absolute atomic E-state index is 3.51. The van der Waals surface area contributed by atoms with E-state index in [0.29, 0.717) is 6.04 Å². The van der Waals surface area contributed by atoms with Crippen molar-refractivity contribution < 1.29 is 0 Å². The van der Waals surface area contributed by atoms with E-state index in [1.807, 2.05) is 0 Å². The maximum Gasteiger partial charge on any atom is 0.0391 e. The predicted molar refractivity (Wildman–Crippen MR) is 69.9 cm³/mol. The first kappa shape index (κ1) is 11.5. The number of nitrogens with zero attached hydrogens (tertiary/aromatic N) is 1. The minimum Gasteiger partial charge on any atom is -0.385 e. The van der Waals surface area contributed by atoms with Crippen LogP contribution in [0.1, 0.15) is 37.4 Å². The van der Waals surface area contributed by atoms with Crippen LogP contribution < -0.4 is 5.32 Å². The first-order valence-electron chi connectivity index (χ1n) is 6.35.